The maximum absolute atomic E-state index is 12.2. The standard InChI is InChI=1S/C23H28N2O5/c1-28-17-6-4-15(5-7-17)18(13-21(26)29-2)22-19(24-25-23(22)27)12-14-3-8-20-16(11-14)9-10-30-20/h3-8,11,18-19,22-25,27H,9-10,12-13H2,1-2H3. The molecule has 1 fully saturated rings. The molecule has 0 saturated carbocycles. The van der Waals surface area contributed by atoms with Crippen LogP contribution in [-0.4, -0.2) is 44.2 Å². The van der Waals surface area contributed by atoms with Crippen LogP contribution in [0.25, 0.3) is 0 Å². The smallest absolute Gasteiger partial charge is 0.306 e. The Hall–Kier alpha value is -2.61. The Morgan fingerprint density at radius 3 is 2.73 bits per heavy atom. The average Bonchev–Trinajstić information content (AvgIpc) is 3.38. The summed E-state index contributed by atoms with van der Waals surface area (Å²) in [6.07, 6.45) is 1.03. The molecule has 2 aromatic rings. The van der Waals surface area contributed by atoms with E-state index >= 15 is 0 Å². The summed E-state index contributed by atoms with van der Waals surface area (Å²) in [6.45, 7) is 0.724. The number of methoxy groups -OCH3 is 2. The SMILES string of the molecule is COC(=O)CC(c1ccc(OC)cc1)C1C(O)NNC1Cc1ccc2c(c1)CCO2. The van der Waals surface area contributed by atoms with Gasteiger partial charge in [-0.2, -0.15) is 0 Å². The summed E-state index contributed by atoms with van der Waals surface area (Å²) in [5.41, 5.74) is 9.54. The predicted molar refractivity (Wildman–Crippen MR) is 111 cm³/mol. The number of carbonyl (C=O) groups is 1. The van der Waals surface area contributed by atoms with Crippen LogP contribution in [0.15, 0.2) is 42.5 Å². The molecule has 4 rings (SSSR count). The number of nitrogens with one attached hydrogen (secondary N) is 2. The molecular formula is C23H28N2O5. The van der Waals surface area contributed by atoms with Gasteiger partial charge < -0.3 is 19.3 Å². The van der Waals surface area contributed by atoms with E-state index in [1.165, 1.54) is 18.2 Å². The van der Waals surface area contributed by atoms with E-state index in [-0.39, 0.29) is 30.3 Å². The fourth-order valence-corrected chi connectivity index (χ4v) is 4.50. The zero-order chi connectivity index (χ0) is 21.1. The third-order valence-corrected chi connectivity index (χ3v) is 6.08. The highest BCUT2D eigenvalue weighted by atomic mass is 16.5. The molecule has 4 unspecified atom stereocenters. The van der Waals surface area contributed by atoms with Crippen LogP contribution in [0.3, 0.4) is 0 Å². The molecule has 2 aliphatic heterocycles. The van der Waals surface area contributed by atoms with Crippen molar-refractivity contribution in [1.82, 2.24) is 10.9 Å². The van der Waals surface area contributed by atoms with Crippen molar-refractivity contribution in [2.75, 3.05) is 20.8 Å². The normalized spacial score (nSPS) is 23.5. The Morgan fingerprint density at radius 1 is 1.20 bits per heavy atom. The molecule has 0 radical (unpaired) electrons. The quantitative estimate of drug-likeness (QED) is 0.599. The van der Waals surface area contributed by atoms with Crippen molar-refractivity contribution >= 4 is 5.97 Å². The number of esters is 1. The van der Waals surface area contributed by atoms with Crippen molar-refractivity contribution in [1.29, 1.82) is 0 Å². The Morgan fingerprint density at radius 2 is 2.00 bits per heavy atom. The summed E-state index contributed by atoms with van der Waals surface area (Å²) in [4.78, 5) is 12.2. The molecule has 1 saturated heterocycles. The van der Waals surface area contributed by atoms with Gasteiger partial charge in [-0.05, 0) is 41.3 Å². The first-order chi connectivity index (χ1) is 14.6. The molecule has 0 aromatic heterocycles. The lowest BCUT2D eigenvalue weighted by Crippen LogP contribution is -2.36. The second-order valence-corrected chi connectivity index (χ2v) is 7.82. The van der Waals surface area contributed by atoms with Crippen LogP contribution in [0.1, 0.15) is 29.0 Å². The lowest BCUT2D eigenvalue weighted by atomic mass is 9.77. The zero-order valence-corrected chi connectivity index (χ0v) is 17.3. The van der Waals surface area contributed by atoms with Crippen molar-refractivity contribution in [2.45, 2.75) is 37.5 Å². The Balaban J connectivity index is 1.60. The van der Waals surface area contributed by atoms with Crippen LogP contribution in [0.4, 0.5) is 0 Å². The van der Waals surface area contributed by atoms with E-state index in [1.807, 2.05) is 30.3 Å². The molecule has 3 N–H and O–H groups in total. The highest BCUT2D eigenvalue weighted by Crippen LogP contribution is 2.37. The van der Waals surface area contributed by atoms with Crippen molar-refractivity contribution in [3.8, 4) is 11.5 Å². The number of hydrogen-bond donors (Lipinski definition) is 3. The minimum Gasteiger partial charge on any atom is -0.497 e. The number of hydrogen-bond acceptors (Lipinski definition) is 7. The summed E-state index contributed by atoms with van der Waals surface area (Å²) >= 11 is 0. The maximum Gasteiger partial charge on any atom is 0.306 e. The first-order valence-electron chi connectivity index (χ1n) is 10.2. The highest BCUT2D eigenvalue weighted by Gasteiger charge is 2.41. The minimum absolute atomic E-state index is 0.0582. The molecular weight excluding hydrogens is 384 g/mol. The van der Waals surface area contributed by atoms with Gasteiger partial charge in [-0.3, -0.25) is 10.2 Å². The van der Waals surface area contributed by atoms with E-state index in [1.54, 1.807) is 7.11 Å². The maximum atomic E-state index is 12.2. The summed E-state index contributed by atoms with van der Waals surface area (Å²) < 4.78 is 15.8. The molecule has 4 atom stereocenters. The number of aliphatic hydroxyl groups excluding tert-OH is 1. The summed E-state index contributed by atoms with van der Waals surface area (Å²) in [5, 5.41) is 10.7. The number of hydrazine groups is 1. The van der Waals surface area contributed by atoms with E-state index in [4.69, 9.17) is 14.2 Å². The van der Waals surface area contributed by atoms with Gasteiger partial charge in [0.05, 0.1) is 27.2 Å². The van der Waals surface area contributed by atoms with Crippen molar-refractivity contribution in [3.63, 3.8) is 0 Å². The molecule has 0 bridgehead atoms. The highest BCUT2D eigenvalue weighted by molar-refractivity contribution is 5.70. The third kappa shape index (κ3) is 4.28. The average molecular weight is 412 g/mol. The van der Waals surface area contributed by atoms with Crippen LogP contribution >= 0.6 is 0 Å². The molecule has 2 heterocycles. The zero-order valence-electron chi connectivity index (χ0n) is 17.3. The van der Waals surface area contributed by atoms with Gasteiger partial charge in [-0.15, -0.1) is 0 Å². The Labute approximate surface area is 176 Å². The fraction of sp³-hybridized carbons (Fsp3) is 0.435. The molecule has 0 aliphatic carbocycles. The summed E-state index contributed by atoms with van der Waals surface area (Å²) in [5.74, 6) is 0.958. The number of fused-ring (bicyclic) bond motifs is 1. The molecule has 7 heteroatoms. The minimum atomic E-state index is -0.787. The largest absolute Gasteiger partial charge is 0.497 e. The molecule has 7 nitrogen and oxygen atoms in total. The first kappa shape index (κ1) is 20.7. The summed E-state index contributed by atoms with van der Waals surface area (Å²) in [7, 11) is 3.01. The molecule has 0 spiro atoms. The van der Waals surface area contributed by atoms with Gasteiger partial charge in [0.25, 0.3) is 0 Å². The Kier molecular flexibility index (Phi) is 6.22. The van der Waals surface area contributed by atoms with E-state index in [9.17, 15) is 9.90 Å². The van der Waals surface area contributed by atoms with Crippen LogP contribution in [0.5, 0.6) is 11.5 Å². The molecule has 0 amide bonds. The van der Waals surface area contributed by atoms with Gasteiger partial charge in [-0.1, -0.05) is 24.3 Å². The van der Waals surface area contributed by atoms with Gasteiger partial charge in [0, 0.05) is 24.3 Å². The number of ether oxygens (including phenoxy) is 3. The summed E-state index contributed by atoms with van der Waals surface area (Å²) in [6, 6.07) is 13.8. The molecule has 30 heavy (non-hydrogen) atoms. The van der Waals surface area contributed by atoms with Gasteiger partial charge in [0.2, 0.25) is 0 Å². The van der Waals surface area contributed by atoms with E-state index < -0.39 is 6.23 Å². The number of benzene rings is 2. The first-order valence-corrected chi connectivity index (χ1v) is 10.2. The van der Waals surface area contributed by atoms with E-state index in [2.05, 4.69) is 23.0 Å². The van der Waals surface area contributed by atoms with Gasteiger partial charge in [0.15, 0.2) is 0 Å². The predicted octanol–water partition coefficient (Wildman–Crippen LogP) is 1.93. The van der Waals surface area contributed by atoms with Crippen LogP contribution in [-0.2, 0) is 22.4 Å². The number of rotatable bonds is 7. The second-order valence-electron chi connectivity index (χ2n) is 7.82. The molecule has 160 valence electrons. The second kappa shape index (κ2) is 9.04. The number of aliphatic hydroxyl groups is 1. The monoisotopic (exact) mass is 412 g/mol. The lowest BCUT2D eigenvalue weighted by Gasteiger charge is -2.29. The van der Waals surface area contributed by atoms with Crippen LogP contribution < -0.4 is 20.3 Å². The molecule has 2 aliphatic rings. The van der Waals surface area contributed by atoms with Crippen molar-refractivity contribution in [3.05, 3.63) is 59.2 Å². The van der Waals surface area contributed by atoms with E-state index in [0.717, 1.165) is 36.5 Å². The van der Waals surface area contributed by atoms with Gasteiger partial charge in [-0.25, -0.2) is 5.43 Å². The van der Waals surface area contributed by atoms with Gasteiger partial charge >= 0.3 is 5.97 Å². The van der Waals surface area contributed by atoms with Crippen LogP contribution in [0, 0.1) is 5.92 Å². The third-order valence-electron chi connectivity index (χ3n) is 6.08. The topological polar surface area (TPSA) is 89.1 Å². The van der Waals surface area contributed by atoms with Gasteiger partial charge in [0.1, 0.15) is 17.7 Å². The van der Waals surface area contributed by atoms with Crippen molar-refractivity contribution < 1.29 is 24.1 Å². The number of carbonyl (C=O) groups excluding carboxylic acids is 1. The fourth-order valence-electron chi connectivity index (χ4n) is 4.50. The van der Waals surface area contributed by atoms with E-state index in [0.29, 0.717) is 0 Å². The Bertz CT molecular complexity index is 886. The molecule has 2 aromatic carbocycles. The van der Waals surface area contributed by atoms with Crippen molar-refractivity contribution in [2.24, 2.45) is 5.92 Å². The van der Waals surface area contributed by atoms with Crippen LogP contribution in [0.2, 0.25) is 0 Å². The lowest BCUT2D eigenvalue weighted by molar-refractivity contribution is -0.141.